The third kappa shape index (κ3) is 7.15. The van der Waals surface area contributed by atoms with Gasteiger partial charge < -0.3 is 0 Å². The van der Waals surface area contributed by atoms with Crippen LogP contribution in [0.15, 0.2) is 0 Å². The van der Waals surface area contributed by atoms with Crippen molar-refractivity contribution >= 4 is 68.6 Å². The first-order chi connectivity index (χ1) is 8.95. The highest BCUT2D eigenvalue weighted by Crippen LogP contribution is 2.26. The van der Waals surface area contributed by atoms with Crippen LogP contribution in [0.1, 0.15) is 0 Å². The summed E-state index contributed by atoms with van der Waals surface area (Å²) in [5.41, 5.74) is 0. The number of nitrogens with zero attached hydrogens (tertiary/aromatic N) is 2. The number of hydrogen-bond donors (Lipinski definition) is 0. The Kier molecular flexibility index (Phi) is 9.75. The minimum atomic E-state index is 1.24. The van der Waals surface area contributed by atoms with Gasteiger partial charge in [0.1, 0.15) is 0 Å². The van der Waals surface area contributed by atoms with E-state index in [4.69, 9.17) is 0 Å². The highest BCUT2D eigenvalue weighted by atomic mass is 33.1. The molecular weight excluding hydrogens is 341 g/mol. The van der Waals surface area contributed by atoms with Crippen molar-refractivity contribution in [2.24, 2.45) is 0 Å². The van der Waals surface area contributed by atoms with E-state index in [1.807, 2.05) is 0 Å². The summed E-state index contributed by atoms with van der Waals surface area (Å²) in [6.07, 6.45) is 0. The molecule has 2 aliphatic heterocycles. The van der Waals surface area contributed by atoms with Crippen LogP contribution in [0, 0.1) is 0 Å². The normalized spacial score (nSPS) is 23.3. The van der Waals surface area contributed by atoms with Gasteiger partial charge >= 0.3 is 0 Å². The zero-order valence-electron chi connectivity index (χ0n) is 10.4. The molecule has 0 radical (unpaired) electrons. The third-order valence-electron chi connectivity index (χ3n) is 2.49. The van der Waals surface area contributed by atoms with Crippen molar-refractivity contribution in [2.75, 3.05) is 58.3 Å². The first kappa shape index (κ1) is 16.4. The Balaban J connectivity index is 1.39. The predicted octanol–water partition coefficient (Wildman–Crippen LogP) is 3.68. The van der Waals surface area contributed by atoms with Crippen molar-refractivity contribution in [3.8, 4) is 0 Å². The van der Waals surface area contributed by atoms with Gasteiger partial charge in [0.05, 0.1) is 0 Å². The smallest absolute Gasteiger partial charge is 0.0461 e. The van der Waals surface area contributed by atoms with Gasteiger partial charge in [-0.05, 0) is 0 Å². The second kappa shape index (κ2) is 10.7. The summed E-state index contributed by atoms with van der Waals surface area (Å²) >= 11 is 8.21. The molecule has 0 amide bonds. The summed E-state index contributed by atoms with van der Waals surface area (Å²) in [7, 11) is 4.10. The molecule has 0 aromatic heterocycles. The van der Waals surface area contributed by atoms with Gasteiger partial charge in [0.15, 0.2) is 0 Å². The number of hydrogen-bond acceptors (Lipinski definition) is 8. The van der Waals surface area contributed by atoms with Gasteiger partial charge in [0.2, 0.25) is 0 Å². The van der Waals surface area contributed by atoms with Crippen molar-refractivity contribution < 1.29 is 0 Å². The SMILES string of the molecule is C1SCN(CCSSCCN2CSCSC2)CS1. The molecule has 106 valence electrons. The molecule has 0 atom stereocenters. The number of rotatable bonds is 7. The highest BCUT2D eigenvalue weighted by Gasteiger charge is 2.11. The molecule has 2 saturated heterocycles. The summed E-state index contributed by atoms with van der Waals surface area (Å²) in [5, 5.41) is 2.56. The van der Waals surface area contributed by atoms with E-state index in [0.29, 0.717) is 0 Å². The molecular formula is C10H20N2S6. The van der Waals surface area contributed by atoms with Crippen LogP contribution < -0.4 is 0 Å². The second-order valence-corrected chi connectivity index (χ2v) is 11.3. The van der Waals surface area contributed by atoms with Gasteiger partial charge in [-0.15, -0.1) is 47.0 Å². The van der Waals surface area contributed by atoms with Gasteiger partial charge in [0.25, 0.3) is 0 Å². The molecule has 0 aliphatic carbocycles. The Bertz CT molecular complexity index is 187. The van der Waals surface area contributed by atoms with Gasteiger partial charge in [-0.2, -0.15) is 0 Å². The lowest BCUT2D eigenvalue weighted by Gasteiger charge is -2.26. The standard InChI is InChI=1S/C10H20N2S6/c1(11-5-13-9-14-6-11)3-17-18-4-2-12-7-15-10-16-8-12/h1-10H2. The molecule has 0 unspecified atom stereocenters. The Morgan fingerprint density at radius 1 is 0.667 bits per heavy atom. The molecule has 0 saturated carbocycles. The Morgan fingerprint density at radius 3 is 1.44 bits per heavy atom. The average Bonchev–Trinajstić information content (AvgIpc) is 2.45. The van der Waals surface area contributed by atoms with Gasteiger partial charge in [-0.1, -0.05) is 21.6 Å². The Labute approximate surface area is 136 Å². The van der Waals surface area contributed by atoms with Gasteiger partial charge in [0, 0.05) is 58.3 Å². The first-order valence-corrected chi connectivity index (χ1v) is 13.1. The van der Waals surface area contributed by atoms with Crippen LogP contribution in [0.5, 0.6) is 0 Å². The molecule has 0 aromatic rings. The van der Waals surface area contributed by atoms with Crippen LogP contribution in [0.2, 0.25) is 0 Å². The minimum absolute atomic E-state index is 1.24. The van der Waals surface area contributed by atoms with Crippen LogP contribution in [-0.2, 0) is 0 Å². The maximum Gasteiger partial charge on any atom is 0.0461 e. The molecule has 0 bridgehead atoms. The average molecular weight is 361 g/mol. The van der Waals surface area contributed by atoms with E-state index >= 15 is 0 Å². The molecule has 2 fully saturated rings. The maximum atomic E-state index is 2.56. The zero-order chi connectivity index (χ0) is 12.5. The quantitative estimate of drug-likeness (QED) is 0.495. The molecule has 2 aliphatic rings. The van der Waals surface area contributed by atoms with E-state index in [-0.39, 0.29) is 0 Å². The van der Waals surface area contributed by atoms with Crippen molar-refractivity contribution in [3.63, 3.8) is 0 Å². The molecule has 2 nitrogen and oxygen atoms in total. The zero-order valence-corrected chi connectivity index (χ0v) is 15.3. The van der Waals surface area contributed by atoms with Gasteiger partial charge in [-0.3, -0.25) is 9.80 Å². The topological polar surface area (TPSA) is 6.48 Å². The molecule has 18 heavy (non-hydrogen) atoms. The summed E-state index contributed by atoms with van der Waals surface area (Å²) in [5.74, 6) is 7.49. The fourth-order valence-corrected chi connectivity index (χ4v) is 7.90. The van der Waals surface area contributed by atoms with Crippen LogP contribution in [0.4, 0.5) is 0 Å². The van der Waals surface area contributed by atoms with Crippen molar-refractivity contribution in [2.45, 2.75) is 0 Å². The highest BCUT2D eigenvalue weighted by molar-refractivity contribution is 8.76. The fraction of sp³-hybridized carbons (Fsp3) is 1.00. The molecule has 8 heteroatoms. The molecule has 2 rings (SSSR count). The monoisotopic (exact) mass is 360 g/mol. The largest absolute Gasteiger partial charge is 0.284 e. The van der Waals surface area contributed by atoms with Crippen molar-refractivity contribution in [1.82, 2.24) is 9.80 Å². The van der Waals surface area contributed by atoms with E-state index in [9.17, 15) is 0 Å². The lowest BCUT2D eigenvalue weighted by Crippen LogP contribution is -2.28. The summed E-state index contributed by atoms with van der Waals surface area (Å²) < 4.78 is 0. The van der Waals surface area contributed by atoms with Crippen LogP contribution in [-0.4, -0.2) is 68.1 Å². The lowest BCUT2D eigenvalue weighted by molar-refractivity contribution is 0.401. The Morgan fingerprint density at radius 2 is 1.06 bits per heavy atom. The summed E-state index contributed by atoms with van der Waals surface area (Å²) in [6.45, 7) is 2.51. The first-order valence-electron chi connectivity index (χ1n) is 5.95. The van der Waals surface area contributed by atoms with E-state index in [1.165, 1.54) is 58.3 Å². The van der Waals surface area contributed by atoms with Crippen LogP contribution in [0.25, 0.3) is 0 Å². The van der Waals surface area contributed by atoms with E-state index in [1.54, 1.807) is 0 Å². The molecule has 2 heterocycles. The molecule has 0 aromatic carbocycles. The maximum absolute atomic E-state index is 2.56. The van der Waals surface area contributed by atoms with Gasteiger partial charge in [-0.25, -0.2) is 0 Å². The van der Waals surface area contributed by atoms with E-state index in [2.05, 4.69) is 78.4 Å². The second-order valence-electron chi connectivity index (χ2n) is 4.00. The molecule has 0 spiro atoms. The minimum Gasteiger partial charge on any atom is -0.284 e. The number of thioether (sulfide) groups is 4. The Hall–Kier alpha value is 2.02. The fourth-order valence-electron chi connectivity index (χ4n) is 1.57. The van der Waals surface area contributed by atoms with E-state index in [0.717, 1.165) is 0 Å². The third-order valence-corrected chi connectivity index (χ3v) is 9.72. The van der Waals surface area contributed by atoms with Crippen molar-refractivity contribution in [3.05, 3.63) is 0 Å². The van der Waals surface area contributed by atoms with Crippen LogP contribution >= 0.6 is 68.6 Å². The summed E-state index contributed by atoms with van der Waals surface area (Å²) in [6, 6.07) is 0. The lowest BCUT2D eigenvalue weighted by atomic mass is 10.7. The van der Waals surface area contributed by atoms with Crippen LogP contribution in [0.3, 0.4) is 0 Å². The summed E-state index contributed by atoms with van der Waals surface area (Å²) in [4.78, 5) is 5.12. The van der Waals surface area contributed by atoms with Crippen molar-refractivity contribution in [1.29, 1.82) is 0 Å². The molecule has 0 N–H and O–H groups in total. The predicted molar refractivity (Wildman–Crippen MR) is 97.9 cm³/mol. The van der Waals surface area contributed by atoms with E-state index < -0.39 is 0 Å².